The van der Waals surface area contributed by atoms with Crippen molar-refractivity contribution >= 4 is 39.1 Å². The van der Waals surface area contributed by atoms with Crippen molar-refractivity contribution in [3.63, 3.8) is 0 Å². The van der Waals surface area contributed by atoms with Crippen molar-refractivity contribution in [3.05, 3.63) is 113 Å². The summed E-state index contributed by atoms with van der Waals surface area (Å²) in [5, 5.41) is 0.573. The van der Waals surface area contributed by atoms with Crippen molar-refractivity contribution in [2.75, 3.05) is 11.9 Å². The molecule has 0 fully saturated rings. The molecule has 2 aromatic heterocycles. The van der Waals surface area contributed by atoms with Gasteiger partial charge in [0.1, 0.15) is 11.6 Å². The first kappa shape index (κ1) is 27.7. The van der Waals surface area contributed by atoms with Gasteiger partial charge in [-0.15, -0.1) is 0 Å². The Morgan fingerprint density at radius 1 is 1.03 bits per heavy atom. The Morgan fingerprint density at radius 2 is 1.67 bits per heavy atom. The lowest BCUT2D eigenvalue weighted by Gasteiger charge is -2.17. The Labute approximate surface area is 228 Å². The molecule has 9 nitrogen and oxygen atoms in total. The molecule has 0 aliphatic heterocycles. The standard InChI is InChI=1S/C20H14ClFN4O2.C7H8O3S/c1-25(15-7-3-13(21)4-8-15)19(27)17-18(24-20-23-11-2-12-26(17)20)28-16-9-5-14(22)6-10-16;1-6-2-4-7(5-3-6)11(8,9)10/h2-12H,1H3;2-5H,1H3,(H,8,9,10). The van der Waals surface area contributed by atoms with Crippen LogP contribution < -0.4 is 9.64 Å². The molecule has 0 aliphatic rings. The number of anilines is 1. The molecule has 0 saturated carbocycles. The van der Waals surface area contributed by atoms with Crippen LogP contribution in [0.25, 0.3) is 5.78 Å². The molecule has 5 rings (SSSR count). The Hall–Kier alpha value is -4.32. The Kier molecular flexibility index (Phi) is 8.24. The van der Waals surface area contributed by atoms with E-state index in [0.29, 0.717) is 22.2 Å². The van der Waals surface area contributed by atoms with Gasteiger partial charge in [-0.05, 0) is 73.7 Å². The quantitative estimate of drug-likeness (QED) is 0.265. The summed E-state index contributed by atoms with van der Waals surface area (Å²) < 4.78 is 50.0. The highest BCUT2D eigenvalue weighted by Gasteiger charge is 2.25. The number of carbonyl (C=O) groups is 1. The van der Waals surface area contributed by atoms with Crippen molar-refractivity contribution in [2.24, 2.45) is 0 Å². The first-order valence-electron chi connectivity index (χ1n) is 11.4. The van der Waals surface area contributed by atoms with E-state index in [1.54, 1.807) is 66.3 Å². The zero-order chi connectivity index (χ0) is 28.2. The maximum absolute atomic E-state index is 13.2. The summed E-state index contributed by atoms with van der Waals surface area (Å²) >= 11 is 5.93. The largest absolute Gasteiger partial charge is 0.437 e. The van der Waals surface area contributed by atoms with Gasteiger partial charge in [-0.25, -0.2) is 9.37 Å². The van der Waals surface area contributed by atoms with E-state index in [1.165, 1.54) is 41.3 Å². The van der Waals surface area contributed by atoms with E-state index in [9.17, 15) is 17.6 Å². The van der Waals surface area contributed by atoms with E-state index in [-0.39, 0.29) is 28.2 Å². The molecule has 0 saturated heterocycles. The average molecular weight is 569 g/mol. The summed E-state index contributed by atoms with van der Waals surface area (Å²) in [5.74, 6) is 0.0133. The smallest absolute Gasteiger partial charge is 0.294 e. The van der Waals surface area contributed by atoms with Gasteiger partial charge in [-0.1, -0.05) is 29.3 Å². The fraction of sp³-hybridized carbons (Fsp3) is 0.0741. The average Bonchev–Trinajstić information content (AvgIpc) is 3.27. The van der Waals surface area contributed by atoms with Crippen LogP contribution in [0.1, 0.15) is 16.1 Å². The summed E-state index contributed by atoms with van der Waals surface area (Å²) in [6, 6.07) is 20.0. The van der Waals surface area contributed by atoms with Crippen LogP contribution in [0.15, 0.2) is 96.2 Å². The van der Waals surface area contributed by atoms with Crippen molar-refractivity contribution < 1.29 is 26.9 Å². The fourth-order valence-corrected chi connectivity index (χ4v) is 4.00. The number of nitrogens with zero attached hydrogens (tertiary/aromatic N) is 4. The second kappa shape index (κ2) is 11.6. The predicted octanol–water partition coefficient (Wildman–Crippen LogP) is 5.83. The minimum Gasteiger partial charge on any atom is -0.437 e. The highest BCUT2D eigenvalue weighted by Crippen LogP contribution is 2.28. The summed E-state index contributed by atoms with van der Waals surface area (Å²) in [6.45, 7) is 1.84. The van der Waals surface area contributed by atoms with E-state index < -0.39 is 10.1 Å². The third-order valence-electron chi connectivity index (χ3n) is 5.44. The molecule has 5 aromatic rings. The highest BCUT2D eigenvalue weighted by molar-refractivity contribution is 7.85. The first-order chi connectivity index (χ1) is 18.5. The van der Waals surface area contributed by atoms with Crippen molar-refractivity contribution in [3.8, 4) is 11.6 Å². The monoisotopic (exact) mass is 568 g/mol. The number of aryl methyl sites for hydroxylation is 1. The van der Waals surface area contributed by atoms with Crippen LogP contribution in [0.3, 0.4) is 0 Å². The van der Waals surface area contributed by atoms with Gasteiger partial charge in [0.2, 0.25) is 5.78 Å². The number of imidazole rings is 1. The molecule has 3 aromatic carbocycles. The van der Waals surface area contributed by atoms with Crippen LogP contribution in [-0.4, -0.2) is 40.3 Å². The molecule has 0 radical (unpaired) electrons. The van der Waals surface area contributed by atoms with E-state index in [0.717, 1.165) is 5.56 Å². The lowest BCUT2D eigenvalue weighted by molar-refractivity contribution is 0.0985. The normalized spacial score (nSPS) is 11.0. The van der Waals surface area contributed by atoms with Gasteiger partial charge < -0.3 is 9.64 Å². The number of rotatable bonds is 5. The van der Waals surface area contributed by atoms with Crippen LogP contribution in [0, 0.1) is 12.7 Å². The molecule has 0 spiro atoms. The van der Waals surface area contributed by atoms with Crippen molar-refractivity contribution in [1.82, 2.24) is 14.4 Å². The number of benzene rings is 3. The van der Waals surface area contributed by atoms with Crippen LogP contribution in [0.2, 0.25) is 5.02 Å². The lowest BCUT2D eigenvalue weighted by Crippen LogP contribution is -2.27. The van der Waals surface area contributed by atoms with Gasteiger partial charge in [0, 0.05) is 30.2 Å². The van der Waals surface area contributed by atoms with Crippen LogP contribution in [0.4, 0.5) is 10.1 Å². The maximum Gasteiger partial charge on any atom is 0.294 e. The number of hydrogen-bond acceptors (Lipinski definition) is 6. The van der Waals surface area contributed by atoms with Gasteiger partial charge in [0.25, 0.3) is 21.9 Å². The Balaban J connectivity index is 0.000000270. The molecule has 12 heteroatoms. The molecule has 200 valence electrons. The van der Waals surface area contributed by atoms with Crippen LogP contribution in [0.5, 0.6) is 11.6 Å². The molecular weight excluding hydrogens is 547 g/mol. The van der Waals surface area contributed by atoms with Gasteiger partial charge in [0.05, 0.1) is 4.90 Å². The minimum atomic E-state index is -4.02. The third kappa shape index (κ3) is 6.77. The topological polar surface area (TPSA) is 114 Å². The first-order valence-corrected chi connectivity index (χ1v) is 13.2. The van der Waals surface area contributed by atoms with Crippen LogP contribution in [-0.2, 0) is 10.1 Å². The van der Waals surface area contributed by atoms with Gasteiger partial charge in [-0.2, -0.15) is 13.4 Å². The predicted molar refractivity (Wildman–Crippen MR) is 145 cm³/mol. The number of carbonyl (C=O) groups excluding carboxylic acids is 1. The minimum absolute atomic E-state index is 0.0666. The number of amides is 1. The van der Waals surface area contributed by atoms with Gasteiger partial charge in [0.15, 0.2) is 5.69 Å². The second-order valence-corrected chi connectivity index (χ2v) is 10.1. The summed E-state index contributed by atoms with van der Waals surface area (Å²) in [5.41, 5.74) is 1.81. The van der Waals surface area contributed by atoms with Crippen LogP contribution >= 0.6 is 11.6 Å². The van der Waals surface area contributed by atoms with E-state index in [2.05, 4.69) is 9.97 Å². The zero-order valence-electron chi connectivity index (χ0n) is 20.7. The lowest BCUT2D eigenvalue weighted by atomic mass is 10.2. The summed E-state index contributed by atoms with van der Waals surface area (Å²) in [4.78, 5) is 23.1. The maximum atomic E-state index is 13.2. The molecular formula is C27H22ClFN4O5S. The van der Waals surface area contributed by atoms with Gasteiger partial charge >= 0.3 is 0 Å². The van der Waals surface area contributed by atoms with E-state index in [1.807, 2.05) is 6.92 Å². The third-order valence-corrected chi connectivity index (χ3v) is 6.56. The molecule has 1 amide bonds. The molecule has 0 unspecified atom stereocenters. The molecule has 39 heavy (non-hydrogen) atoms. The Bertz CT molecular complexity index is 1710. The molecule has 1 N–H and O–H groups in total. The second-order valence-electron chi connectivity index (χ2n) is 8.24. The van der Waals surface area contributed by atoms with Crippen molar-refractivity contribution in [2.45, 2.75) is 11.8 Å². The SMILES string of the molecule is CN(C(=O)c1c(Oc2ccc(F)cc2)nc2ncccn12)c1ccc(Cl)cc1.Cc1ccc(S(=O)(=O)O)cc1. The zero-order valence-corrected chi connectivity index (χ0v) is 22.3. The number of fused-ring (bicyclic) bond motifs is 1. The highest BCUT2D eigenvalue weighted by atomic mass is 35.5. The number of aromatic nitrogens is 3. The van der Waals surface area contributed by atoms with Gasteiger partial charge in [-0.3, -0.25) is 13.7 Å². The summed E-state index contributed by atoms with van der Waals surface area (Å²) in [7, 11) is -2.38. The molecule has 0 aliphatic carbocycles. The molecule has 0 atom stereocenters. The Morgan fingerprint density at radius 3 is 2.28 bits per heavy atom. The summed E-state index contributed by atoms with van der Waals surface area (Å²) in [6.07, 6.45) is 3.25. The molecule has 2 heterocycles. The number of hydrogen-bond donors (Lipinski definition) is 1. The van der Waals surface area contributed by atoms with E-state index in [4.69, 9.17) is 20.9 Å². The molecule has 0 bridgehead atoms. The number of halogens is 2. The van der Waals surface area contributed by atoms with E-state index >= 15 is 0 Å². The fourth-order valence-electron chi connectivity index (χ4n) is 3.40. The number of ether oxygens (including phenoxy) is 1. The van der Waals surface area contributed by atoms with Crippen molar-refractivity contribution in [1.29, 1.82) is 0 Å².